The molecule has 0 spiro atoms. The molecule has 3 rings (SSSR count). The highest BCUT2D eigenvalue weighted by Gasteiger charge is 2.45. The number of amides is 1. The number of carbonyl (C=O) groups excluding carboxylic acids is 1. The zero-order valence-electron chi connectivity index (χ0n) is 15.5. The Morgan fingerprint density at radius 3 is 2.48 bits per heavy atom. The van der Waals surface area contributed by atoms with Gasteiger partial charge in [-0.15, -0.1) is 0 Å². The Balaban J connectivity index is 1.70. The van der Waals surface area contributed by atoms with Crippen molar-refractivity contribution in [1.82, 2.24) is 4.72 Å². The lowest BCUT2D eigenvalue weighted by molar-refractivity contribution is -0.117. The van der Waals surface area contributed by atoms with Gasteiger partial charge in [-0.1, -0.05) is 24.3 Å². The molecule has 0 bridgehead atoms. The van der Waals surface area contributed by atoms with E-state index in [9.17, 15) is 17.6 Å². The van der Waals surface area contributed by atoms with Crippen molar-refractivity contribution < 1.29 is 17.6 Å². The summed E-state index contributed by atoms with van der Waals surface area (Å²) in [5.41, 5.74) is 0.332. The highest BCUT2D eigenvalue weighted by Crippen LogP contribution is 2.48. The van der Waals surface area contributed by atoms with E-state index in [-0.39, 0.29) is 28.5 Å². The molecule has 0 heterocycles. The Kier molecular flexibility index (Phi) is 5.10. The van der Waals surface area contributed by atoms with Crippen molar-refractivity contribution in [3.63, 3.8) is 0 Å². The molecule has 7 heteroatoms. The molecular formula is C20H23FN2O3S. The summed E-state index contributed by atoms with van der Waals surface area (Å²) in [4.78, 5) is 12.5. The van der Waals surface area contributed by atoms with E-state index in [1.165, 1.54) is 18.2 Å². The highest BCUT2D eigenvalue weighted by atomic mass is 32.2. The van der Waals surface area contributed by atoms with Crippen LogP contribution < -0.4 is 10.0 Å². The fourth-order valence-corrected chi connectivity index (χ4v) is 4.51. The lowest BCUT2D eigenvalue weighted by Crippen LogP contribution is -2.40. The van der Waals surface area contributed by atoms with E-state index in [4.69, 9.17) is 0 Å². The van der Waals surface area contributed by atoms with E-state index >= 15 is 0 Å². The molecule has 2 N–H and O–H groups in total. The van der Waals surface area contributed by atoms with Crippen LogP contribution in [-0.2, 0) is 14.8 Å². The Hall–Kier alpha value is -2.25. The maximum atomic E-state index is 13.9. The molecule has 0 aliphatic heterocycles. The SMILES string of the molecule is CC(C)(C)NS(=O)(=O)c1cccc(NC(=O)C2CC2c2ccccc2F)c1. The molecular weight excluding hydrogens is 367 g/mol. The topological polar surface area (TPSA) is 75.3 Å². The highest BCUT2D eigenvalue weighted by molar-refractivity contribution is 7.89. The van der Waals surface area contributed by atoms with Gasteiger partial charge in [0.1, 0.15) is 5.82 Å². The minimum Gasteiger partial charge on any atom is -0.326 e. The fraction of sp³-hybridized carbons (Fsp3) is 0.350. The molecule has 144 valence electrons. The summed E-state index contributed by atoms with van der Waals surface area (Å²) in [7, 11) is -3.69. The van der Waals surface area contributed by atoms with Crippen molar-refractivity contribution >= 4 is 21.6 Å². The average molecular weight is 390 g/mol. The minimum atomic E-state index is -3.69. The van der Waals surface area contributed by atoms with Crippen LogP contribution in [0.15, 0.2) is 53.4 Å². The van der Waals surface area contributed by atoms with Gasteiger partial charge < -0.3 is 5.32 Å². The average Bonchev–Trinajstić information content (AvgIpc) is 3.34. The third-order valence-electron chi connectivity index (χ3n) is 4.28. The van der Waals surface area contributed by atoms with Gasteiger partial charge in [0, 0.05) is 17.1 Å². The summed E-state index contributed by atoms with van der Waals surface area (Å²) in [5.74, 6) is -0.990. The lowest BCUT2D eigenvalue weighted by atomic mass is 10.1. The lowest BCUT2D eigenvalue weighted by Gasteiger charge is -2.20. The molecule has 1 fully saturated rings. The first-order valence-electron chi connectivity index (χ1n) is 8.76. The largest absolute Gasteiger partial charge is 0.326 e. The number of rotatable bonds is 5. The van der Waals surface area contributed by atoms with Crippen molar-refractivity contribution in [2.45, 2.75) is 43.5 Å². The molecule has 0 aromatic heterocycles. The summed E-state index contributed by atoms with van der Waals surface area (Å²) < 4.78 is 41.3. The monoisotopic (exact) mass is 390 g/mol. The van der Waals surface area contributed by atoms with Crippen LogP contribution in [0.5, 0.6) is 0 Å². The van der Waals surface area contributed by atoms with Crippen LogP contribution in [0.25, 0.3) is 0 Å². The predicted molar refractivity (Wildman–Crippen MR) is 102 cm³/mol. The van der Waals surface area contributed by atoms with Gasteiger partial charge in [0.2, 0.25) is 15.9 Å². The number of halogens is 1. The van der Waals surface area contributed by atoms with Gasteiger partial charge in [-0.2, -0.15) is 0 Å². The number of anilines is 1. The number of benzene rings is 2. The fourth-order valence-electron chi connectivity index (χ4n) is 3.04. The Labute approximate surface area is 159 Å². The number of hydrogen-bond acceptors (Lipinski definition) is 3. The number of sulfonamides is 1. The molecule has 2 unspecified atom stereocenters. The first-order valence-corrected chi connectivity index (χ1v) is 10.2. The molecule has 2 atom stereocenters. The molecule has 2 aromatic rings. The van der Waals surface area contributed by atoms with Crippen LogP contribution >= 0.6 is 0 Å². The molecule has 1 aliphatic carbocycles. The third-order valence-corrected chi connectivity index (χ3v) is 6.04. The zero-order chi connectivity index (χ0) is 19.8. The van der Waals surface area contributed by atoms with Crippen molar-refractivity contribution in [3.05, 3.63) is 59.9 Å². The zero-order valence-corrected chi connectivity index (χ0v) is 16.3. The van der Waals surface area contributed by atoms with Gasteiger partial charge in [-0.05, 0) is 62.9 Å². The third kappa shape index (κ3) is 4.73. The van der Waals surface area contributed by atoms with Gasteiger partial charge >= 0.3 is 0 Å². The molecule has 0 saturated heterocycles. The summed E-state index contributed by atoms with van der Waals surface area (Å²) in [6.07, 6.45) is 0.580. The van der Waals surface area contributed by atoms with Gasteiger partial charge in [-0.25, -0.2) is 17.5 Å². The standard InChI is InChI=1S/C20H23FN2O3S/c1-20(2,3)23-27(25,26)14-8-6-7-13(11-14)22-19(24)17-12-16(17)15-9-4-5-10-18(15)21/h4-11,16-17,23H,12H2,1-3H3,(H,22,24). The normalized spacial score (nSPS) is 19.6. The second-order valence-corrected chi connectivity index (χ2v) is 9.53. The quantitative estimate of drug-likeness (QED) is 0.818. The molecule has 1 saturated carbocycles. The molecule has 5 nitrogen and oxygen atoms in total. The van der Waals surface area contributed by atoms with Crippen molar-refractivity contribution in [1.29, 1.82) is 0 Å². The molecule has 1 aliphatic rings. The van der Waals surface area contributed by atoms with Crippen LogP contribution in [0.1, 0.15) is 38.7 Å². The van der Waals surface area contributed by atoms with Crippen LogP contribution in [-0.4, -0.2) is 19.9 Å². The second-order valence-electron chi connectivity index (χ2n) is 7.84. The summed E-state index contributed by atoms with van der Waals surface area (Å²) in [6.45, 7) is 5.27. The van der Waals surface area contributed by atoms with Crippen molar-refractivity contribution in [2.24, 2.45) is 5.92 Å². The van der Waals surface area contributed by atoms with E-state index in [2.05, 4.69) is 10.0 Å². The van der Waals surface area contributed by atoms with Gasteiger partial charge in [0.05, 0.1) is 4.90 Å². The maximum Gasteiger partial charge on any atom is 0.241 e. The first-order chi connectivity index (χ1) is 12.6. The second kappa shape index (κ2) is 7.05. The molecule has 27 heavy (non-hydrogen) atoms. The smallest absolute Gasteiger partial charge is 0.241 e. The van der Waals surface area contributed by atoms with Crippen LogP contribution in [0, 0.1) is 11.7 Å². The van der Waals surface area contributed by atoms with Crippen molar-refractivity contribution in [2.75, 3.05) is 5.32 Å². The Bertz CT molecular complexity index is 967. The van der Waals surface area contributed by atoms with Crippen LogP contribution in [0.3, 0.4) is 0 Å². The number of nitrogens with one attached hydrogen (secondary N) is 2. The molecule has 1 amide bonds. The van der Waals surface area contributed by atoms with Gasteiger partial charge in [-0.3, -0.25) is 4.79 Å². The molecule has 2 aromatic carbocycles. The number of carbonyl (C=O) groups is 1. The Morgan fingerprint density at radius 2 is 1.81 bits per heavy atom. The molecule has 0 radical (unpaired) electrons. The van der Waals surface area contributed by atoms with E-state index in [1.54, 1.807) is 51.1 Å². The predicted octanol–water partition coefficient (Wildman–Crippen LogP) is 3.64. The van der Waals surface area contributed by atoms with Crippen LogP contribution in [0.4, 0.5) is 10.1 Å². The van der Waals surface area contributed by atoms with Crippen molar-refractivity contribution in [3.8, 4) is 0 Å². The van der Waals surface area contributed by atoms with E-state index < -0.39 is 15.6 Å². The first kappa shape index (κ1) is 19.5. The van der Waals surface area contributed by atoms with Gasteiger partial charge in [0.15, 0.2) is 0 Å². The summed E-state index contributed by atoms with van der Waals surface area (Å²) >= 11 is 0. The maximum absolute atomic E-state index is 13.9. The summed E-state index contributed by atoms with van der Waals surface area (Å²) in [6, 6.07) is 12.6. The van der Waals surface area contributed by atoms with E-state index in [0.717, 1.165) is 0 Å². The van der Waals surface area contributed by atoms with E-state index in [1.807, 2.05) is 0 Å². The van der Waals surface area contributed by atoms with Gasteiger partial charge in [0.25, 0.3) is 0 Å². The van der Waals surface area contributed by atoms with Crippen LogP contribution in [0.2, 0.25) is 0 Å². The number of hydrogen-bond donors (Lipinski definition) is 2. The summed E-state index contributed by atoms with van der Waals surface area (Å²) in [5, 5.41) is 2.74. The Morgan fingerprint density at radius 1 is 1.11 bits per heavy atom. The van der Waals surface area contributed by atoms with E-state index in [0.29, 0.717) is 17.7 Å². The minimum absolute atomic E-state index is 0.0803.